The topological polar surface area (TPSA) is 61.4 Å². The van der Waals surface area contributed by atoms with E-state index in [1.165, 1.54) is 0 Å². The average Bonchev–Trinajstić information content (AvgIpc) is 2.76. The van der Waals surface area contributed by atoms with Gasteiger partial charge in [-0.1, -0.05) is 18.2 Å². The van der Waals surface area contributed by atoms with E-state index in [1.54, 1.807) is 0 Å². The minimum Gasteiger partial charge on any atom is -0.492 e. The number of guanidine groups is 1. The van der Waals surface area contributed by atoms with E-state index in [0.29, 0.717) is 25.2 Å². The SMILES string of the molecule is CN=C(NCCCN(C(C)C)C(C)C)NCc1ccccc1OCCN1CCOCC1. The highest BCUT2D eigenvalue weighted by atomic mass is 16.5. The van der Waals surface area contributed by atoms with Crippen LogP contribution in [0.25, 0.3) is 0 Å². The summed E-state index contributed by atoms with van der Waals surface area (Å²) < 4.78 is 11.5. The van der Waals surface area contributed by atoms with E-state index in [1.807, 2.05) is 19.2 Å². The first-order valence-corrected chi connectivity index (χ1v) is 11.7. The second-order valence-corrected chi connectivity index (χ2v) is 8.54. The van der Waals surface area contributed by atoms with Crippen LogP contribution in [0.15, 0.2) is 29.3 Å². The van der Waals surface area contributed by atoms with Gasteiger partial charge in [-0.15, -0.1) is 0 Å². The molecule has 0 aliphatic carbocycles. The van der Waals surface area contributed by atoms with E-state index in [2.05, 4.69) is 65.3 Å². The van der Waals surface area contributed by atoms with Gasteiger partial charge in [-0.3, -0.25) is 14.8 Å². The summed E-state index contributed by atoms with van der Waals surface area (Å²) in [6.07, 6.45) is 1.08. The van der Waals surface area contributed by atoms with Crippen LogP contribution in [-0.2, 0) is 11.3 Å². The average molecular weight is 434 g/mol. The van der Waals surface area contributed by atoms with Gasteiger partial charge in [0.25, 0.3) is 0 Å². The fraction of sp³-hybridized carbons (Fsp3) is 0.708. The van der Waals surface area contributed by atoms with Crippen LogP contribution < -0.4 is 15.4 Å². The second-order valence-electron chi connectivity index (χ2n) is 8.54. The third-order valence-corrected chi connectivity index (χ3v) is 5.62. The Labute approximate surface area is 189 Å². The molecule has 7 nitrogen and oxygen atoms in total. The highest BCUT2D eigenvalue weighted by molar-refractivity contribution is 5.79. The largest absolute Gasteiger partial charge is 0.492 e. The summed E-state index contributed by atoms with van der Waals surface area (Å²) in [7, 11) is 1.81. The Morgan fingerprint density at radius 3 is 2.52 bits per heavy atom. The van der Waals surface area contributed by atoms with Gasteiger partial charge in [-0.2, -0.15) is 0 Å². The number of morpholine rings is 1. The highest BCUT2D eigenvalue weighted by Crippen LogP contribution is 2.17. The summed E-state index contributed by atoms with van der Waals surface area (Å²) >= 11 is 0. The smallest absolute Gasteiger partial charge is 0.191 e. The Balaban J connectivity index is 1.73. The predicted molar refractivity (Wildman–Crippen MR) is 129 cm³/mol. The van der Waals surface area contributed by atoms with Gasteiger partial charge in [0.2, 0.25) is 0 Å². The maximum atomic E-state index is 6.09. The Bertz CT molecular complexity index is 637. The van der Waals surface area contributed by atoms with E-state index in [9.17, 15) is 0 Å². The van der Waals surface area contributed by atoms with E-state index in [0.717, 1.165) is 69.6 Å². The molecule has 1 saturated heterocycles. The fourth-order valence-corrected chi connectivity index (χ4v) is 3.88. The molecule has 1 heterocycles. The monoisotopic (exact) mass is 433 g/mol. The van der Waals surface area contributed by atoms with Crippen molar-refractivity contribution < 1.29 is 9.47 Å². The van der Waals surface area contributed by atoms with Crippen LogP contribution in [0, 0.1) is 0 Å². The van der Waals surface area contributed by atoms with Crippen molar-refractivity contribution in [3.8, 4) is 5.75 Å². The van der Waals surface area contributed by atoms with Gasteiger partial charge in [-0.05, 0) is 40.2 Å². The number of para-hydroxylation sites is 1. The molecule has 1 fully saturated rings. The van der Waals surface area contributed by atoms with Crippen molar-refractivity contribution in [3.63, 3.8) is 0 Å². The molecule has 1 aromatic rings. The van der Waals surface area contributed by atoms with E-state index in [-0.39, 0.29) is 0 Å². The molecule has 1 aromatic carbocycles. The Hall–Kier alpha value is -1.83. The molecule has 176 valence electrons. The Kier molecular flexibility index (Phi) is 11.7. The van der Waals surface area contributed by atoms with Crippen molar-refractivity contribution in [3.05, 3.63) is 29.8 Å². The number of nitrogens with one attached hydrogen (secondary N) is 2. The Morgan fingerprint density at radius 2 is 1.84 bits per heavy atom. The normalized spacial score (nSPS) is 15.7. The van der Waals surface area contributed by atoms with Crippen LogP contribution in [0.5, 0.6) is 5.75 Å². The molecule has 0 saturated carbocycles. The molecule has 1 aliphatic heterocycles. The van der Waals surface area contributed by atoms with Gasteiger partial charge in [0.05, 0.1) is 13.2 Å². The molecule has 0 spiro atoms. The van der Waals surface area contributed by atoms with Gasteiger partial charge in [0.15, 0.2) is 5.96 Å². The van der Waals surface area contributed by atoms with Crippen LogP contribution in [0.4, 0.5) is 0 Å². The van der Waals surface area contributed by atoms with Gasteiger partial charge >= 0.3 is 0 Å². The molecule has 2 rings (SSSR count). The van der Waals surface area contributed by atoms with Crippen molar-refractivity contribution in [2.24, 2.45) is 4.99 Å². The van der Waals surface area contributed by atoms with Crippen molar-refractivity contribution in [1.29, 1.82) is 0 Å². The molecular weight excluding hydrogens is 390 g/mol. The van der Waals surface area contributed by atoms with Crippen LogP contribution in [-0.4, -0.2) is 87.4 Å². The minimum atomic E-state index is 0.567. The summed E-state index contributed by atoms with van der Waals surface area (Å²) in [6.45, 7) is 16.9. The van der Waals surface area contributed by atoms with Gasteiger partial charge in [0, 0.05) is 64.0 Å². The molecule has 7 heteroatoms. The molecule has 0 unspecified atom stereocenters. The molecule has 0 atom stereocenters. The third kappa shape index (κ3) is 9.46. The van der Waals surface area contributed by atoms with Crippen LogP contribution >= 0.6 is 0 Å². The maximum Gasteiger partial charge on any atom is 0.191 e. The lowest BCUT2D eigenvalue weighted by molar-refractivity contribution is 0.0322. The van der Waals surface area contributed by atoms with Crippen LogP contribution in [0.3, 0.4) is 0 Å². The van der Waals surface area contributed by atoms with Gasteiger partial charge < -0.3 is 20.1 Å². The lowest BCUT2D eigenvalue weighted by Crippen LogP contribution is -2.41. The molecule has 31 heavy (non-hydrogen) atoms. The molecular formula is C24H43N5O2. The first-order valence-electron chi connectivity index (χ1n) is 11.7. The lowest BCUT2D eigenvalue weighted by Gasteiger charge is -2.30. The van der Waals surface area contributed by atoms with Crippen molar-refractivity contribution in [2.45, 2.75) is 52.7 Å². The number of benzene rings is 1. The lowest BCUT2D eigenvalue weighted by atomic mass is 10.2. The number of nitrogens with zero attached hydrogens (tertiary/aromatic N) is 3. The number of rotatable bonds is 12. The molecule has 0 amide bonds. The maximum absolute atomic E-state index is 6.09. The highest BCUT2D eigenvalue weighted by Gasteiger charge is 2.13. The number of hydrogen-bond acceptors (Lipinski definition) is 5. The predicted octanol–water partition coefficient (Wildman–Crippen LogP) is 2.57. The summed E-state index contributed by atoms with van der Waals surface area (Å²) in [5.41, 5.74) is 1.14. The van der Waals surface area contributed by atoms with Crippen molar-refractivity contribution in [2.75, 3.05) is 59.6 Å². The van der Waals surface area contributed by atoms with E-state index >= 15 is 0 Å². The summed E-state index contributed by atoms with van der Waals surface area (Å²) in [6, 6.07) is 9.35. The minimum absolute atomic E-state index is 0.567. The second kappa shape index (κ2) is 14.3. The number of aliphatic imine (C=N–C) groups is 1. The van der Waals surface area contributed by atoms with Gasteiger partial charge in [0.1, 0.15) is 12.4 Å². The third-order valence-electron chi connectivity index (χ3n) is 5.62. The summed E-state index contributed by atoms with van der Waals surface area (Å²) in [5.74, 6) is 1.76. The van der Waals surface area contributed by atoms with Gasteiger partial charge in [-0.25, -0.2) is 0 Å². The zero-order valence-electron chi connectivity index (χ0n) is 20.2. The number of ether oxygens (including phenoxy) is 2. The molecule has 0 bridgehead atoms. The van der Waals surface area contributed by atoms with Crippen molar-refractivity contribution in [1.82, 2.24) is 20.4 Å². The molecule has 0 aromatic heterocycles. The Morgan fingerprint density at radius 1 is 1.13 bits per heavy atom. The van der Waals surface area contributed by atoms with Crippen LogP contribution in [0.2, 0.25) is 0 Å². The summed E-state index contributed by atoms with van der Waals surface area (Å²) in [5, 5.41) is 6.85. The zero-order chi connectivity index (χ0) is 22.5. The zero-order valence-corrected chi connectivity index (χ0v) is 20.2. The first-order chi connectivity index (χ1) is 15.0. The standard InChI is InChI=1S/C24H43N5O2/c1-20(2)29(21(3)4)12-8-11-26-24(25-5)27-19-22-9-6-7-10-23(22)31-18-15-28-13-16-30-17-14-28/h6-7,9-10,20-21H,8,11-19H2,1-5H3,(H2,25,26,27). The molecule has 1 aliphatic rings. The summed E-state index contributed by atoms with van der Waals surface area (Å²) in [4.78, 5) is 9.27. The number of hydrogen-bond donors (Lipinski definition) is 2. The van der Waals surface area contributed by atoms with Crippen LogP contribution in [0.1, 0.15) is 39.7 Å². The van der Waals surface area contributed by atoms with Crippen molar-refractivity contribution >= 4 is 5.96 Å². The quantitative estimate of drug-likeness (QED) is 0.300. The molecule has 0 radical (unpaired) electrons. The van der Waals surface area contributed by atoms with E-state index < -0.39 is 0 Å². The molecule has 2 N–H and O–H groups in total. The first kappa shape index (κ1) is 25.4. The fourth-order valence-electron chi connectivity index (χ4n) is 3.88. The van der Waals surface area contributed by atoms with E-state index in [4.69, 9.17) is 9.47 Å².